The average molecular weight is 165 g/mol. The fourth-order valence-electron chi connectivity index (χ4n) is 1.36. The van der Waals surface area contributed by atoms with Crippen LogP contribution < -0.4 is 5.73 Å². The van der Waals surface area contributed by atoms with E-state index in [1.54, 1.807) is 12.4 Å². The minimum absolute atomic E-state index is 0.331. The van der Waals surface area contributed by atoms with E-state index in [9.17, 15) is 0 Å². The number of nitrogens with two attached hydrogens (primary N) is 1. The van der Waals surface area contributed by atoms with Crippen molar-refractivity contribution in [1.82, 2.24) is 9.97 Å². The Kier molecular flexibility index (Phi) is 1.91. The van der Waals surface area contributed by atoms with Gasteiger partial charge in [0.25, 0.3) is 0 Å². The second kappa shape index (κ2) is 3.06. The Hall–Kier alpha value is -1.16. The largest absolute Gasteiger partial charge is 0.381 e. The van der Waals surface area contributed by atoms with Gasteiger partial charge in [0.2, 0.25) is 5.95 Å². The third kappa shape index (κ3) is 1.38. The van der Waals surface area contributed by atoms with Gasteiger partial charge in [0, 0.05) is 24.9 Å². The van der Waals surface area contributed by atoms with Crippen LogP contribution in [0.5, 0.6) is 0 Å². The Morgan fingerprint density at radius 3 is 2.75 bits per heavy atom. The second-order valence-electron chi connectivity index (χ2n) is 2.94. The molecule has 0 radical (unpaired) electrons. The highest BCUT2D eigenvalue weighted by molar-refractivity contribution is 5.20. The van der Waals surface area contributed by atoms with Gasteiger partial charge in [-0.3, -0.25) is 0 Å². The molecule has 1 aliphatic heterocycles. The van der Waals surface area contributed by atoms with Crippen LogP contribution in [0.4, 0.5) is 5.95 Å². The van der Waals surface area contributed by atoms with Gasteiger partial charge < -0.3 is 10.5 Å². The van der Waals surface area contributed by atoms with E-state index in [2.05, 4.69) is 9.97 Å². The number of aromatic nitrogens is 2. The predicted molar refractivity (Wildman–Crippen MR) is 44.6 cm³/mol. The first-order valence-corrected chi connectivity index (χ1v) is 4.01. The van der Waals surface area contributed by atoms with Crippen molar-refractivity contribution in [3.05, 3.63) is 18.0 Å². The van der Waals surface area contributed by atoms with Crippen LogP contribution in [0.2, 0.25) is 0 Å². The Morgan fingerprint density at radius 2 is 2.17 bits per heavy atom. The van der Waals surface area contributed by atoms with E-state index < -0.39 is 0 Å². The molecule has 2 heterocycles. The summed E-state index contributed by atoms with van der Waals surface area (Å²) in [7, 11) is 0. The first kappa shape index (κ1) is 7.49. The Balaban J connectivity index is 2.17. The highest BCUT2D eigenvalue weighted by Crippen LogP contribution is 2.23. The molecule has 1 saturated heterocycles. The minimum Gasteiger partial charge on any atom is -0.381 e. The van der Waals surface area contributed by atoms with Crippen LogP contribution in [-0.4, -0.2) is 23.2 Å². The smallest absolute Gasteiger partial charge is 0.219 e. The van der Waals surface area contributed by atoms with Crippen molar-refractivity contribution in [2.75, 3.05) is 18.9 Å². The average Bonchev–Trinajstić information content (AvgIpc) is 2.58. The summed E-state index contributed by atoms with van der Waals surface area (Å²) >= 11 is 0. The molecule has 12 heavy (non-hydrogen) atoms. The Morgan fingerprint density at radius 1 is 1.42 bits per heavy atom. The predicted octanol–water partition coefficient (Wildman–Crippen LogP) is 0.563. The summed E-state index contributed by atoms with van der Waals surface area (Å²) in [5.41, 5.74) is 6.50. The first-order chi connectivity index (χ1) is 5.86. The van der Waals surface area contributed by atoms with Crippen LogP contribution in [-0.2, 0) is 4.74 Å². The molecule has 0 saturated carbocycles. The van der Waals surface area contributed by atoms with E-state index in [1.807, 2.05) is 0 Å². The van der Waals surface area contributed by atoms with Crippen molar-refractivity contribution in [1.29, 1.82) is 0 Å². The molecular weight excluding hydrogens is 154 g/mol. The summed E-state index contributed by atoms with van der Waals surface area (Å²) in [4.78, 5) is 7.87. The molecule has 64 valence electrons. The highest BCUT2D eigenvalue weighted by Gasteiger charge is 2.17. The molecule has 4 heteroatoms. The second-order valence-corrected chi connectivity index (χ2v) is 2.94. The van der Waals surface area contributed by atoms with E-state index in [-0.39, 0.29) is 0 Å². The van der Waals surface area contributed by atoms with Crippen LogP contribution in [0.15, 0.2) is 12.4 Å². The molecule has 1 aromatic rings. The lowest BCUT2D eigenvalue weighted by Crippen LogP contribution is -2.01. The molecular formula is C8H11N3O. The fourth-order valence-corrected chi connectivity index (χ4v) is 1.36. The van der Waals surface area contributed by atoms with Gasteiger partial charge in [-0.1, -0.05) is 0 Å². The zero-order chi connectivity index (χ0) is 8.39. The van der Waals surface area contributed by atoms with E-state index in [0.717, 1.165) is 25.2 Å². The van der Waals surface area contributed by atoms with Crippen molar-refractivity contribution in [3.63, 3.8) is 0 Å². The van der Waals surface area contributed by atoms with Crippen molar-refractivity contribution in [2.24, 2.45) is 0 Å². The summed E-state index contributed by atoms with van der Waals surface area (Å²) in [5, 5.41) is 0. The fraction of sp³-hybridized carbons (Fsp3) is 0.500. The van der Waals surface area contributed by atoms with Gasteiger partial charge in [0.1, 0.15) is 0 Å². The van der Waals surface area contributed by atoms with Gasteiger partial charge in [-0.25, -0.2) is 9.97 Å². The standard InChI is InChI=1S/C8H11N3O/c9-8-10-3-7(4-11-8)6-1-2-12-5-6/h3-4,6H,1-2,5H2,(H2,9,10,11). The minimum atomic E-state index is 0.331. The lowest BCUT2D eigenvalue weighted by molar-refractivity contribution is 0.194. The van der Waals surface area contributed by atoms with Crippen LogP contribution in [0.3, 0.4) is 0 Å². The van der Waals surface area contributed by atoms with E-state index in [0.29, 0.717) is 11.9 Å². The van der Waals surface area contributed by atoms with Gasteiger partial charge in [0.05, 0.1) is 6.61 Å². The number of rotatable bonds is 1. The van der Waals surface area contributed by atoms with Crippen LogP contribution in [0, 0.1) is 0 Å². The quantitative estimate of drug-likeness (QED) is 0.660. The lowest BCUT2D eigenvalue weighted by atomic mass is 10.0. The molecule has 2 rings (SSSR count). The molecule has 1 unspecified atom stereocenters. The molecule has 1 aliphatic rings. The van der Waals surface area contributed by atoms with Crippen molar-refractivity contribution in [2.45, 2.75) is 12.3 Å². The maximum absolute atomic E-state index is 5.37. The SMILES string of the molecule is Nc1ncc(C2CCOC2)cn1. The van der Waals surface area contributed by atoms with Crippen molar-refractivity contribution < 1.29 is 4.74 Å². The van der Waals surface area contributed by atoms with E-state index in [1.165, 1.54) is 0 Å². The molecule has 0 aromatic carbocycles. The van der Waals surface area contributed by atoms with Gasteiger partial charge >= 0.3 is 0 Å². The summed E-state index contributed by atoms with van der Waals surface area (Å²) < 4.78 is 5.25. The number of hydrogen-bond acceptors (Lipinski definition) is 4. The highest BCUT2D eigenvalue weighted by atomic mass is 16.5. The summed E-state index contributed by atoms with van der Waals surface area (Å²) in [6.07, 6.45) is 4.62. The topological polar surface area (TPSA) is 61.0 Å². The lowest BCUT2D eigenvalue weighted by Gasteiger charge is -2.05. The zero-order valence-corrected chi connectivity index (χ0v) is 6.73. The van der Waals surface area contributed by atoms with Gasteiger partial charge in [-0.05, 0) is 12.0 Å². The molecule has 0 spiro atoms. The molecule has 4 nitrogen and oxygen atoms in total. The first-order valence-electron chi connectivity index (χ1n) is 4.01. The maximum Gasteiger partial charge on any atom is 0.219 e. The van der Waals surface area contributed by atoms with Gasteiger partial charge in [-0.2, -0.15) is 0 Å². The van der Waals surface area contributed by atoms with Crippen LogP contribution >= 0.6 is 0 Å². The van der Waals surface area contributed by atoms with Crippen molar-refractivity contribution >= 4 is 5.95 Å². The molecule has 1 fully saturated rings. The number of nitrogens with zero attached hydrogens (tertiary/aromatic N) is 2. The Labute approximate surface area is 70.8 Å². The molecule has 0 bridgehead atoms. The monoisotopic (exact) mass is 165 g/mol. The summed E-state index contributed by atoms with van der Waals surface area (Å²) in [6.45, 7) is 1.63. The number of nitrogen functional groups attached to an aromatic ring is 1. The summed E-state index contributed by atoms with van der Waals surface area (Å²) in [5.74, 6) is 0.795. The van der Waals surface area contributed by atoms with Crippen LogP contribution in [0.25, 0.3) is 0 Å². The third-order valence-corrected chi connectivity index (χ3v) is 2.09. The molecule has 1 atom stereocenters. The Bertz CT molecular complexity index is 254. The molecule has 1 aromatic heterocycles. The number of ether oxygens (including phenoxy) is 1. The van der Waals surface area contributed by atoms with Crippen molar-refractivity contribution in [3.8, 4) is 0 Å². The molecule has 0 aliphatic carbocycles. The van der Waals surface area contributed by atoms with E-state index >= 15 is 0 Å². The van der Waals surface area contributed by atoms with Gasteiger partial charge in [0.15, 0.2) is 0 Å². The third-order valence-electron chi connectivity index (χ3n) is 2.09. The summed E-state index contributed by atoms with van der Waals surface area (Å²) in [6, 6.07) is 0. The van der Waals surface area contributed by atoms with Gasteiger partial charge in [-0.15, -0.1) is 0 Å². The number of hydrogen-bond donors (Lipinski definition) is 1. The molecule has 2 N–H and O–H groups in total. The van der Waals surface area contributed by atoms with Crippen LogP contribution in [0.1, 0.15) is 17.9 Å². The maximum atomic E-state index is 5.37. The zero-order valence-electron chi connectivity index (χ0n) is 6.73. The number of anilines is 1. The normalized spacial score (nSPS) is 22.8. The molecule has 0 amide bonds. The van der Waals surface area contributed by atoms with E-state index in [4.69, 9.17) is 10.5 Å².